The Hall–Kier alpha value is -2.53. The predicted octanol–water partition coefficient (Wildman–Crippen LogP) is 4.32. The molecule has 2 N–H and O–H groups in total. The number of halogens is 1. The number of aryl methyl sites for hydroxylation is 2. The quantitative estimate of drug-likeness (QED) is 0.806. The molecule has 0 heterocycles. The highest BCUT2D eigenvalue weighted by atomic mass is 35.5. The van der Waals surface area contributed by atoms with Gasteiger partial charge in [-0.2, -0.15) is 0 Å². The second-order valence-corrected chi connectivity index (χ2v) is 6.09. The fraction of sp³-hybridized carbons (Fsp3) is 0.263. The van der Waals surface area contributed by atoms with Crippen molar-refractivity contribution in [3.8, 4) is 5.75 Å². The van der Waals surface area contributed by atoms with Gasteiger partial charge in [-0.25, -0.2) is 0 Å². The average molecular weight is 361 g/mol. The molecule has 2 amide bonds. The standard InChI is InChI=1S/C19H21ClN2O3/c1-4-18(23)21-14-6-8-16(20)17(10-14)22-19(24)11-25-15-7-5-12(2)13(3)9-15/h5-10H,4,11H2,1-3H3,(H,21,23)(H,22,24). The van der Waals surface area contributed by atoms with Gasteiger partial charge in [0.2, 0.25) is 5.91 Å². The van der Waals surface area contributed by atoms with Crippen molar-refractivity contribution in [1.82, 2.24) is 0 Å². The van der Waals surface area contributed by atoms with Crippen LogP contribution in [-0.4, -0.2) is 18.4 Å². The third-order valence-electron chi connectivity index (χ3n) is 3.69. The number of benzene rings is 2. The fourth-order valence-corrected chi connectivity index (χ4v) is 2.25. The zero-order valence-electron chi connectivity index (χ0n) is 14.5. The molecule has 2 rings (SSSR count). The Labute approximate surface area is 152 Å². The second kappa shape index (κ2) is 8.53. The second-order valence-electron chi connectivity index (χ2n) is 5.68. The summed E-state index contributed by atoms with van der Waals surface area (Å²) in [6.45, 7) is 5.62. The zero-order valence-corrected chi connectivity index (χ0v) is 15.2. The number of anilines is 2. The molecule has 0 saturated carbocycles. The van der Waals surface area contributed by atoms with Crippen LogP contribution < -0.4 is 15.4 Å². The number of carbonyl (C=O) groups is 2. The van der Waals surface area contributed by atoms with Gasteiger partial charge in [-0.15, -0.1) is 0 Å². The summed E-state index contributed by atoms with van der Waals surface area (Å²) in [7, 11) is 0. The van der Waals surface area contributed by atoms with E-state index in [2.05, 4.69) is 10.6 Å². The van der Waals surface area contributed by atoms with Gasteiger partial charge in [-0.1, -0.05) is 24.6 Å². The monoisotopic (exact) mass is 360 g/mol. The first-order valence-electron chi connectivity index (χ1n) is 7.98. The minimum absolute atomic E-state index is 0.113. The van der Waals surface area contributed by atoms with Crippen LogP contribution in [0.2, 0.25) is 5.02 Å². The predicted molar refractivity (Wildman–Crippen MR) is 100 cm³/mol. The first-order valence-corrected chi connectivity index (χ1v) is 8.36. The number of rotatable bonds is 6. The largest absolute Gasteiger partial charge is 0.484 e. The van der Waals surface area contributed by atoms with E-state index in [4.69, 9.17) is 16.3 Å². The van der Waals surface area contributed by atoms with Crippen LogP contribution in [0.15, 0.2) is 36.4 Å². The zero-order chi connectivity index (χ0) is 18.4. The molecule has 25 heavy (non-hydrogen) atoms. The van der Waals surface area contributed by atoms with E-state index in [9.17, 15) is 9.59 Å². The van der Waals surface area contributed by atoms with Crippen molar-refractivity contribution in [3.63, 3.8) is 0 Å². The molecule has 0 spiro atoms. The molecule has 0 radical (unpaired) electrons. The van der Waals surface area contributed by atoms with Gasteiger partial charge in [0, 0.05) is 12.1 Å². The van der Waals surface area contributed by atoms with Crippen LogP contribution in [0.5, 0.6) is 5.75 Å². The van der Waals surface area contributed by atoms with E-state index >= 15 is 0 Å². The summed E-state index contributed by atoms with van der Waals surface area (Å²) in [4.78, 5) is 23.6. The molecule has 0 aromatic heterocycles. The first-order chi connectivity index (χ1) is 11.9. The van der Waals surface area contributed by atoms with E-state index in [0.29, 0.717) is 28.6 Å². The third kappa shape index (κ3) is 5.50. The minimum atomic E-state index is -0.334. The Morgan fingerprint density at radius 2 is 1.76 bits per heavy atom. The van der Waals surface area contributed by atoms with Gasteiger partial charge in [-0.3, -0.25) is 9.59 Å². The van der Waals surface area contributed by atoms with Gasteiger partial charge in [-0.05, 0) is 55.3 Å². The van der Waals surface area contributed by atoms with E-state index in [1.165, 1.54) is 0 Å². The van der Waals surface area contributed by atoms with Gasteiger partial charge in [0.05, 0.1) is 10.7 Å². The molecule has 2 aromatic carbocycles. The number of hydrogen-bond acceptors (Lipinski definition) is 3. The van der Waals surface area contributed by atoms with Gasteiger partial charge in [0.25, 0.3) is 5.91 Å². The normalized spacial score (nSPS) is 10.2. The number of nitrogens with one attached hydrogen (secondary N) is 2. The van der Waals surface area contributed by atoms with E-state index in [0.717, 1.165) is 11.1 Å². The van der Waals surface area contributed by atoms with Gasteiger partial charge in [0.15, 0.2) is 6.61 Å². The van der Waals surface area contributed by atoms with Crippen molar-refractivity contribution in [1.29, 1.82) is 0 Å². The maximum atomic E-state index is 12.1. The van der Waals surface area contributed by atoms with Crippen LogP contribution in [-0.2, 0) is 9.59 Å². The molecule has 5 nitrogen and oxygen atoms in total. The first kappa shape index (κ1) is 18.8. The Morgan fingerprint density at radius 3 is 2.44 bits per heavy atom. The van der Waals surface area contributed by atoms with Crippen LogP contribution in [0.4, 0.5) is 11.4 Å². The summed E-state index contributed by atoms with van der Waals surface area (Å²) in [6, 6.07) is 10.6. The highest BCUT2D eigenvalue weighted by molar-refractivity contribution is 6.33. The summed E-state index contributed by atoms with van der Waals surface area (Å²) in [5.41, 5.74) is 3.25. The molecular formula is C19H21ClN2O3. The lowest BCUT2D eigenvalue weighted by Crippen LogP contribution is -2.20. The van der Waals surface area contributed by atoms with Crippen molar-refractivity contribution >= 4 is 34.8 Å². The average Bonchev–Trinajstić information content (AvgIpc) is 2.58. The van der Waals surface area contributed by atoms with E-state index in [1.54, 1.807) is 25.1 Å². The van der Waals surface area contributed by atoms with Crippen molar-refractivity contribution in [2.45, 2.75) is 27.2 Å². The molecule has 0 unspecified atom stereocenters. The van der Waals surface area contributed by atoms with E-state index < -0.39 is 0 Å². The lowest BCUT2D eigenvalue weighted by Gasteiger charge is -2.11. The molecular weight excluding hydrogens is 340 g/mol. The Morgan fingerprint density at radius 1 is 1.00 bits per heavy atom. The Balaban J connectivity index is 1.98. The molecule has 0 atom stereocenters. The Kier molecular flexibility index (Phi) is 6.42. The van der Waals surface area contributed by atoms with Crippen LogP contribution in [0.1, 0.15) is 24.5 Å². The lowest BCUT2D eigenvalue weighted by molar-refractivity contribution is -0.118. The number of hydrogen-bond donors (Lipinski definition) is 2. The summed E-state index contributed by atoms with van der Waals surface area (Å²) >= 11 is 6.10. The molecule has 0 aliphatic rings. The lowest BCUT2D eigenvalue weighted by atomic mass is 10.1. The Bertz CT molecular complexity index is 790. The molecule has 0 fully saturated rings. The maximum absolute atomic E-state index is 12.1. The summed E-state index contributed by atoms with van der Waals surface area (Å²) in [5, 5.41) is 5.80. The van der Waals surface area contributed by atoms with Crippen LogP contribution in [0, 0.1) is 13.8 Å². The van der Waals surface area contributed by atoms with Crippen LogP contribution >= 0.6 is 11.6 Å². The number of carbonyl (C=O) groups excluding carboxylic acids is 2. The fourth-order valence-electron chi connectivity index (χ4n) is 2.09. The van der Waals surface area contributed by atoms with E-state index in [-0.39, 0.29) is 18.4 Å². The molecule has 132 valence electrons. The summed E-state index contributed by atoms with van der Waals surface area (Å²) < 4.78 is 5.50. The van der Waals surface area contributed by atoms with Gasteiger partial charge >= 0.3 is 0 Å². The van der Waals surface area contributed by atoms with E-state index in [1.807, 2.05) is 32.0 Å². The van der Waals surface area contributed by atoms with Crippen molar-refractivity contribution < 1.29 is 14.3 Å². The van der Waals surface area contributed by atoms with Gasteiger partial charge < -0.3 is 15.4 Å². The van der Waals surface area contributed by atoms with Gasteiger partial charge in [0.1, 0.15) is 5.75 Å². The maximum Gasteiger partial charge on any atom is 0.262 e. The molecule has 0 saturated heterocycles. The number of ether oxygens (including phenoxy) is 1. The molecule has 2 aromatic rings. The molecule has 6 heteroatoms. The summed E-state index contributed by atoms with van der Waals surface area (Å²) in [6.07, 6.45) is 0.369. The SMILES string of the molecule is CCC(=O)Nc1ccc(Cl)c(NC(=O)COc2ccc(C)c(C)c2)c1. The minimum Gasteiger partial charge on any atom is -0.484 e. The van der Waals surface area contributed by atoms with Crippen molar-refractivity contribution in [3.05, 3.63) is 52.5 Å². The molecule has 0 aliphatic heterocycles. The van der Waals surface area contributed by atoms with Crippen LogP contribution in [0.25, 0.3) is 0 Å². The molecule has 0 bridgehead atoms. The highest BCUT2D eigenvalue weighted by Gasteiger charge is 2.09. The van der Waals surface area contributed by atoms with Crippen LogP contribution in [0.3, 0.4) is 0 Å². The summed E-state index contributed by atoms with van der Waals surface area (Å²) in [5.74, 6) is 0.185. The molecule has 0 aliphatic carbocycles. The third-order valence-corrected chi connectivity index (χ3v) is 4.02. The number of amides is 2. The topological polar surface area (TPSA) is 67.4 Å². The van der Waals surface area contributed by atoms with Crippen molar-refractivity contribution in [2.75, 3.05) is 17.2 Å². The highest BCUT2D eigenvalue weighted by Crippen LogP contribution is 2.25. The van der Waals surface area contributed by atoms with Crippen molar-refractivity contribution in [2.24, 2.45) is 0 Å². The smallest absolute Gasteiger partial charge is 0.262 e.